The van der Waals surface area contributed by atoms with Gasteiger partial charge in [0.25, 0.3) is 0 Å². The zero-order valence-electron chi connectivity index (χ0n) is 8.59. The normalized spacial score (nSPS) is 19.8. The Balaban J connectivity index is 0. The largest absolute Gasteiger partial charge is 1.00 e. The van der Waals surface area contributed by atoms with Crippen molar-refractivity contribution in [1.82, 2.24) is 0 Å². The SMILES string of the molecule is CC1=C(C)C(C)(C)[C]([Ir+2])=C1C.[Br-].[Br-]. The van der Waals surface area contributed by atoms with Crippen molar-refractivity contribution in [3.63, 3.8) is 0 Å². The quantitative estimate of drug-likeness (QED) is 0.347. The van der Waals surface area contributed by atoms with Crippen LogP contribution in [0.1, 0.15) is 34.6 Å². The van der Waals surface area contributed by atoms with Crippen molar-refractivity contribution in [1.29, 1.82) is 0 Å². The molecule has 0 aliphatic heterocycles. The molecule has 0 saturated heterocycles. The third kappa shape index (κ3) is 2.56. The van der Waals surface area contributed by atoms with Gasteiger partial charge in [-0.05, 0) is 0 Å². The number of hydrogen-bond acceptors (Lipinski definition) is 0. The second-order valence-electron chi connectivity index (χ2n) is 3.79. The summed E-state index contributed by atoms with van der Waals surface area (Å²) >= 11 is 2.25. The van der Waals surface area contributed by atoms with Gasteiger partial charge in [-0.2, -0.15) is 0 Å². The van der Waals surface area contributed by atoms with E-state index in [9.17, 15) is 0 Å². The summed E-state index contributed by atoms with van der Waals surface area (Å²) in [6.45, 7) is 11.3. The molecule has 0 aromatic carbocycles. The van der Waals surface area contributed by atoms with E-state index in [2.05, 4.69) is 53.5 Å². The summed E-state index contributed by atoms with van der Waals surface area (Å²) in [7, 11) is 0. The van der Waals surface area contributed by atoms with E-state index in [1.54, 1.807) is 0 Å². The van der Waals surface area contributed by atoms with Gasteiger partial charge in [0.2, 0.25) is 0 Å². The molecule has 1 rings (SSSR count). The third-order valence-corrected chi connectivity index (χ3v) is 5.29. The van der Waals surface area contributed by atoms with Crippen LogP contribution in [0.2, 0.25) is 0 Å². The summed E-state index contributed by atoms with van der Waals surface area (Å²) in [4.78, 5) is 0. The maximum atomic E-state index is 2.30. The van der Waals surface area contributed by atoms with Gasteiger partial charge < -0.3 is 34.0 Å². The van der Waals surface area contributed by atoms with E-state index >= 15 is 0 Å². The second-order valence-corrected chi connectivity index (χ2v) is 4.99. The zero-order valence-corrected chi connectivity index (χ0v) is 14.2. The van der Waals surface area contributed by atoms with Crippen molar-refractivity contribution >= 4 is 0 Å². The molecule has 0 spiro atoms. The molecule has 0 aromatic rings. The molecule has 0 fully saturated rings. The molecule has 78 valence electrons. The number of rotatable bonds is 0. The summed E-state index contributed by atoms with van der Waals surface area (Å²) in [5, 5.41) is 0. The Bertz CT molecular complexity index is 236. The van der Waals surface area contributed by atoms with Crippen LogP contribution in [0.5, 0.6) is 0 Å². The Morgan fingerprint density at radius 1 is 0.923 bits per heavy atom. The van der Waals surface area contributed by atoms with Crippen molar-refractivity contribution in [2.45, 2.75) is 34.6 Å². The third-order valence-electron chi connectivity index (χ3n) is 2.90. The van der Waals surface area contributed by atoms with Crippen molar-refractivity contribution in [3.05, 3.63) is 20.8 Å². The second kappa shape index (κ2) is 5.25. The average molecular weight is 487 g/mol. The molecule has 0 nitrogen and oxygen atoms in total. The molecule has 0 radical (unpaired) electrons. The summed E-state index contributed by atoms with van der Waals surface area (Å²) < 4.78 is 1.53. The average Bonchev–Trinajstić information content (AvgIpc) is 2.06. The van der Waals surface area contributed by atoms with Crippen molar-refractivity contribution < 1.29 is 52.9 Å². The fourth-order valence-electron chi connectivity index (χ4n) is 1.53. The standard InChI is InChI=1S/C10H15.2BrH.Ir/c1-7-6-10(4,5)9(3)8(7)2;;;/h1-5H3;2*1H;/q;;;+2/p-2. The minimum absolute atomic E-state index is 0. The van der Waals surface area contributed by atoms with Gasteiger partial charge in [-0.1, -0.05) is 0 Å². The molecular weight excluding hydrogens is 472 g/mol. The Hall–Kier alpha value is 1.09. The first-order valence-electron chi connectivity index (χ1n) is 3.92. The van der Waals surface area contributed by atoms with Gasteiger partial charge in [-0.15, -0.1) is 0 Å². The van der Waals surface area contributed by atoms with Crippen molar-refractivity contribution in [2.24, 2.45) is 5.41 Å². The molecule has 1 aliphatic carbocycles. The summed E-state index contributed by atoms with van der Waals surface area (Å²) in [6.07, 6.45) is 0. The van der Waals surface area contributed by atoms with Crippen LogP contribution in [0.15, 0.2) is 20.8 Å². The maximum Gasteiger partial charge on any atom is -1.00 e. The van der Waals surface area contributed by atoms with E-state index in [4.69, 9.17) is 0 Å². The van der Waals surface area contributed by atoms with E-state index in [1.165, 1.54) is 20.8 Å². The maximum absolute atomic E-state index is 2.30. The van der Waals surface area contributed by atoms with E-state index in [-0.39, 0.29) is 34.0 Å². The van der Waals surface area contributed by atoms with Gasteiger partial charge in [0.05, 0.1) is 0 Å². The molecule has 3 heteroatoms. The molecule has 0 bridgehead atoms. The first-order valence-corrected chi connectivity index (χ1v) is 5.11. The van der Waals surface area contributed by atoms with Crippen LogP contribution in [0.25, 0.3) is 0 Å². The predicted octanol–water partition coefficient (Wildman–Crippen LogP) is -2.81. The smallest absolute Gasteiger partial charge is 1.00 e. The van der Waals surface area contributed by atoms with Crippen molar-refractivity contribution in [3.8, 4) is 0 Å². The molecular formula is C10H15Br2Ir. The summed E-state index contributed by atoms with van der Waals surface area (Å²) in [5.41, 5.74) is 4.83. The Morgan fingerprint density at radius 3 is 1.38 bits per heavy atom. The molecule has 0 amide bonds. The zero-order chi connectivity index (χ0) is 8.81. The molecule has 0 atom stereocenters. The van der Waals surface area contributed by atoms with Gasteiger partial charge in [0, 0.05) is 0 Å². The fraction of sp³-hybridized carbons (Fsp3) is 0.600. The Labute approximate surface area is 113 Å². The fourth-order valence-corrected chi connectivity index (χ4v) is 2.43. The van der Waals surface area contributed by atoms with Gasteiger partial charge >= 0.3 is 79.7 Å². The molecule has 1 aliphatic rings. The minimum atomic E-state index is 0. The van der Waals surface area contributed by atoms with Crippen LogP contribution in [-0.2, 0) is 18.9 Å². The van der Waals surface area contributed by atoms with Crippen LogP contribution < -0.4 is 34.0 Å². The van der Waals surface area contributed by atoms with Crippen LogP contribution in [-0.4, -0.2) is 0 Å². The van der Waals surface area contributed by atoms with Gasteiger partial charge in [0.15, 0.2) is 0 Å². The van der Waals surface area contributed by atoms with Gasteiger partial charge in [-0.3, -0.25) is 0 Å². The van der Waals surface area contributed by atoms with Crippen molar-refractivity contribution in [2.75, 3.05) is 0 Å². The molecule has 0 N–H and O–H groups in total. The van der Waals surface area contributed by atoms with Gasteiger partial charge in [-0.25, -0.2) is 0 Å². The monoisotopic (exact) mass is 486 g/mol. The molecule has 0 saturated carbocycles. The van der Waals surface area contributed by atoms with E-state index in [1.807, 2.05) is 0 Å². The van der Waals surface area contributed by atoms with Crippen LogP contribution >= 0.6 is 0 Å². The van der Waals surface area contributed by atoms with Gasteiger partial charge in [0.1, 0.15) is 0 Å². The van der Waals surface area contributed by atoms with Crippen LogP contribution in [0, 0.1) is 5.41 Å². The number of hydrogen-bond donors (Lipinski definition) is 0. The van der Waals surface area contributed by atoms with Crippen LogP contribution in [0.4, 0.5) is 0 Å². The van der Waals surface area contributed by atoms with Crippen LogP contribution in [0.3, 0.4) is 0 Å². The molecule has 0 heterocycles. The van der Waals surface area contributed by atoms with E-state index < -0.39 is 0 Å². The minimum Gasteiger partial charge on any atom is -1.00 e. The first-order chi connectivity index (χ1) is 4.89. The molecule has 0 unspecified atom stereocenters. The first kappa shape index (κ1) is 16.5. The van der Waals surface area contributed by atoms with E-state index in [0.29, 0.717) is 5.41 Å². The van der Waals surface area contributed by atoms with E-state index in [0.717, 1.165) is 0 Å². The predicted molar refractivity (Wildman–Crippen MR) is 44.9 cm³/mol. The Kier molecular flexibility index (Phi) is 6.67. The molecule has 0 aromatic heterocycles. The summed E-state index contributed by atoms with van der Waals surface area (Å²) in [6, 6.07) is 0. The molecule has 13 heavy (non-hydrogen) atoms. The summed E-state index contributed by atoms with van der Waals surface area (Å²) in [5.74, 6) is 0. The Morgan fingerprint density at radius 2 is 1.31 bits per heavy atom. The number of halogens is 2. The topological polar surface area (TPSA) is 0 Å². The number of allylic oxidation sites excluding steroid dienone is 4.